The Morgan fingerprint density at radius 1 is 1.71 bits per heavy atom. The van der Waals surface area contributed by atoms with E-state index in [9.17, 15) is 4.79 Å². The van der Waals surface area contributed by atoms with Crippen molar-refractivity contribution in [3.8, 4) is 0 Å². The smallest absolute Gasteiger partial charge is 0.309 e. The van der Waals surface area contributed by atoms with Crippen LogP contribution in [0.3, 0.4) is 0 Å². The predicted octanol–water partition coefficient (Wildman–Crippen LogP) is 1.62. The molecule has 1 aliphatic rings. The van der Waals surface area contributed by atoms with Crippen LogP contribution in [-0.2, 0) is 9.53 Å². The van der Waals surface area contributed by atoms with Crippen LogP contribution in [0.4, 0.5) is 0 Å². The highest BCUT2D eigenvalue weighted by Gasteiger charge is 2.26. The number of likely N-dealkylation sites (tertiary alicyclic amines) is 1. The van der Waals surface area contributed by atoms with Crippen LogP contribution < -0.4 is 0 Å². The van der Waals surface area contributed by atoms with E-state index < -0.39 is 0 Å². The third-order valence-corrected chi connectivity index (χ3v) is 2.55. The summed E-state index contributed by atoms with van der Waals surface area (Å²) in [5.41, 5.74) is 0. The summed E-state index contributed by atoms with van der Waals surface area (Å²) >= 11 is 5.72. The Hall–Kier alpha value is -0.540. The molecule has 0 aliphatic carbocycles. The van der Waals surface area contributed by atoms with E-state index in [2.05, 4.69) is 11.5 Å². The van der Waals surface area contributed by atoms with Crippen LogP contribution in [0, 0.1) is 5.92 Å². The summed E-state index contributed by atoms with van der Waals surface area (Å²) in [6, 6.07) is 0. The van der Waals surface area contributed by atoms with Crippen LogP contribution in [0.5, 0.6) is 0 Å². The number of methoxy groups -OCH3 is 1. The van der Waals surface area contributed by atoms with Gasteiger partial charge in [0, 0.05) is 18.1 Å². The Morgan fingerprint density at radius 3 is 3.00 bits per heavy atom. The molecule has 4 heteroatoms. The molecule has 0 radical (unpaired) electrons. The van der Waals surface area contributed by atoms with Crippen LogP contribution in [-0.4, -0.2) is 37.6 Å². The van der Waals surface area contributed by atoms with Crippen LogP contribution in [0.25, 0.3) is 0 Å². The fourth-order valence-electron chi connectivity index (χ4n) is 1.80. The van der Waals surface area contributed by atoms with Crippen molar-refractivity contribution in [2.45, 2.75) is 12.8 Å². The molecule has 1 heterocycles. The predicted molar refractivity (Wildman–Crippen MR) is 56.2 cm³/mol. The standard InChI is InChI=1S/C10H16ClNO2/c1-8(11)6-12-5-3-4-9(7-12)10(13)14-2/h9H,1,3-7H2,2H3/t9-/m0/s1. The van der Waals surface area contributed by atoms with Crippen molar-refractivity contribution >= 4 is 17.6 Å². The van der Waals surface area contributed by atoms with Gasteiger partial charge in [-0.15, -0.1) is 0 Å². The number of halogens is 1. The van der Waals surface area contributed by atoms with Gasteiger partial charge in [0.1, 0.15) is 0 Å². The second kappa shape index (κ2) is 5.37. The summed E-state index contributed by atoms with van der Waals surface area (Å²) in [6.07, 6.45) is 1.93. The van der Waals surface area contributed by atoms with Crippen molar-refractivity contribution in [3.63, 3.8) is 0 Å². The molecule has 1 aliphatic heterocycles. The summed E-state index contributed by atoms with van der Waals surface area (Å²) < 4.78 is 4.72. The molecule has 0 amide bonds. The van der Waals surface area contributed by atoms with Crippen molar-refractivity contribution in [3.05, 3.63) is 11.6 Å². The molecule has 0 unspecified atom stereocenters. The van der Waals surface area contributed by atoms with Gasteiger partial charge >= 0.3 is 5.97 Å². The molecular weight excluding hydrogens is 202 g/mol. The van der Waals surface area contributed by atoms with Gasteiger partial charge in [-0.3, -0.25) is 9.69 Å². The number of ether oxygens (including phenoxy) is 1. The quantitative estimate of drug-likeness (QED) is 0.673. The van der Waals surface area contributed by atoms with E-state index in [-0.39, 0.29) is 11.9 Å². The Labute approximate surface area is 89.7 Å². The highest BCUT2D eigenvalue weighted by molar-refractivity contribution is 6.29. The third-order valence-electron chi connectivity index (χ3n) is 2.44. The Balaban J connectivity index is 2.43. The van der Waals surface area contributed by atoms with Gasteiger partial charge in [0.05, 0.1) is 13.0 Å². The number of hydrogen-bond acceptors (Lipinski definition) is 3. The lowest BCUT2D eigenvalue weighted by atomic mass is 9.98. The van der Waals surface area contributed by atoms with Crippen LogP contribution in [0.2, 0.25) is 0 Å². The van der Waals surface area contributed by atoms with Gasteiger partial charge in [0.15, 0.2) is 0 Å². The molecule has 0 N–H and O–H groups in total. The molecular formula is C10H16ClNO2. The zero-order chi connectivity index (χ0) is 10.6. The number of esters is 1. The molecule has 1 fully saturated rings. The maximum atomic E-state index is 11.3. The summed E-state index contributed by atoms with van der Waals surface area (Å²) in [5.74, 6) is -0.111. The van der Waals surface area contributed by atoms with Crippen molar-refractivity contribution in [1.82, 2.24) is 4.90 Å². The summed E-state index contributed by atoms with van der Waals surface area (Å²) in [5, 5.41) is 0.621. The average molecular weight is 218 g/mol. The molecule has 1 saturated heterocycles. The van der Waals surface area contributed by atoms with Gasteiger partial charge in [-0.05, 0) is 19.4 Å². The van der Waals surface area contributed by atoms with E-state index in [0.29, 0.717) is 11.6 Å². The fraction of sp³-hybridized carbons (Fsp3) is 0.700. The average Bonchev–Trinajstić information content (AvgIpc) is 2.16. The Bertz CT molecular complexity index is 230. The highest BCUT2D eigenvalue weighted by Crippen LogP contribution is 2.18. The minimum atomic E-state index is -0.116. The normalized spacial score (nSPS) is 23.1. The summed E-state index contributed by atoms with van der Waals surface area (Å²) in [6.45, 7) is 6.03. The lowest BCUT2D eigenvalue weighted by molar-refractivity contribution is -0.147. The third kappa shape index (κ3) is 3.31. The number of nitrogens with zero attached hydrogens (tertiary/aromatic N) is 1. The van der Waals surface area contributed by atoms with E-state index in [4.69, 9.17) is 16.3 Å². The minimum Gasteiger partial charge on any atom is -0.469 e. The van der Waals surface area contributed by atoms with Gasteiger partial charge in [-0.1, -0.05) is 18.2 Å². The summed E-state index contributed by atoms with van der Waals surface area (Å²) in [4.78, 5) is 13.4. The highest BCUT2D eigenvalue weighted by atomic mass is 35.5. The lowest BCUT2D eigenvalue weighted by Gasteiger charge is -2.30. The monoisotopic (exact) mass is 217 g/mol. The van der Waals surface area contributed by atoms with Crippen LogP contribution in [0.1, 0.15) is 12.8 Å². The van der Waals surface area contributed by atoms with Crippen molar-refractivity contribution in [2.24, 2.45) is 5.92 Å². The van der Waals surface area contributed by atoms with E-state index in [1.165, 1.54) is 7.11 Å². The van der Waals surface area contributed by atoms with Crippen molar-refractivity contribution in [2.75, 3.05) is 26.7 Å². The summed E-state index contributed by atoms with van der Waals surface area (Å²) in [7, 11) is 1.43. The molecule has 0 aromatic rings. The zero-order valence-electron chi connectivity index (χ0n) is 8.46. The Morgan fingerprint density at radius 2 is 2.43 bits per heavy atom. The Kier molecular flexibility index (Phi) is 4.42. The molecule has 1 atom stereocenters. The van der Waals surface area contributed by atoms with E-state index in [1.54, 1.807) is 0 Å². The van der Waals surface area contributed by atoms with E-state index in [1.807, 2.05) is 0 Å². The molecule has 0 saturated carbocycles. The number of piperidine rings is 1. The van der Waals surface area contributed by atoms with Crippen molar-refractivity contribution < 1.29 is 9.53 Å². The first kappa shape index (κ1) is 11.5. The molecule has 0 aromatic heterocycles. The van der Waals surface area contributed by atoms with E-state index in [0.717, 1.165) is 25.9 Å². The molecule has 0 spiro atoms. The molecule has 14 heavy (non-hydrogen) atoms. The topological polar surface area (TPSA) is 29.5 Å². The zero-order valence-corrected chi connectivity index (χ0v) is 9.22. The molecule has 1 rings (SSSR count). The van der Waals surface area contributed by atoms with E-state index >= 15 is 0 Å². The minimum absolute atomic E-state index is 0.00441. The lowest BCUT2D eigenvalue weighted by Crippen LogP contribution is -2.39. The molecule has 0 aromatic carbocycles. The van der Waals surface area contributed by atoms with Crippen LogP contribution in [0.15, 0.2) is 11.6 Å². The molecule has 0 bridgehead atoms. The van der Waals surface area contributed by atoms with Gasteiger partial charge in [0.2, 0.25) is 0 Å². The largest absolute Gasteiger partial charge is 0.469 e. The van der Waals surface area contributed by atoms with Gasteiger partial charge in [-0.25, -0.2) is 0 Å². The van der Waals surface area contributed by atoms with Gasteiger partial charge in [0.25, 0.3) is 0 Å². The maximum absolute atomic E-state index is 11.3. The van der Waals surface area contributed by atoms with Gasteiger partial charge in [-0.2, -0.15) is 0 Å². The first-order chi connectivity index (χ1) is 6.63. The second-order valence-electron chi connectivity index (χ2n) is 3.61. The van der Waals surface area contributed by atoms with Crippen molar-refractivity contribution in [1.29, 1.82) is 0 Å². The SMILES string of the molecule is C=C(Cl)CN1CCC[C@H](C(=O)OC)C1. The number of carbonyl (C=O) groups is 1. The van der Waals surface area contributed by atoms with Crippen LogP contribution >= 0.6 is 11.6 Å². The first-order valence-electron chi connectivity index (χ1n) is 4.77. The number of rotatable bonds is 3. The maximum Gasteiger partial charge on any atom is 0.309 e. The first-order valence-corrected chi connectivity index (χ1v) is 5.14. The fourth-order valence-corrected chi connectivity index (χ4v) is 1.97. The number of hydrogen-bond donors (Lipinski definition) is 0. The molecule has 80 valence electrons. The second-order valence-corrected chi connectivity index (χ2v) is 4.15. The van der Waals surface area contributed by atoms with Gasteiger partial charge < -0.3 is 4.74 Å². The number of carbonyl (C=O) groups excluding carboxylic acids is 1. The molecule has 3 nitrogen and oxygen atoms in total.